The molecule has 0 unspecified atom stereocenters. The van der Waals surface area contributed by atoms with E-state index in [2.05, 4.69) is 22.2 Å². The van der Waals surface area contributed by atoms with Crippen molar-refractivity contribution in [2.45, 2.75) is 19.8 Å². The summed E-state index contributed by atoms with van der Waals surface area (Å²) < 4.78 is 0. The predicted molar refractivity (Wildman–Crippen MR) is 76.8 cm³/mol. The summed E-state index contributed by atoms with van der Waals surface area (Å²) in [5, 5.41) is 14.0. The van der Waals surface area contributed by atoms with Crippen molar-refractivity contribution in [1.29, 1.82) is 0 Å². The van der Waals surface area contributed by atoms with Crippen LogP contribution in [0, 0.1) is 10.1 Å². The molecule has 3 N–H and O–H groups in total. The van der Waals surface area contributed by atoms with Crippen LogP contribution in [-0.4, -0.2) is 14.9 Å². The summed E-state index contributed by atoms with van der Waals surface area (Å²) in [6.07, 6.45) is 3.05. The van der Waals surface area contributed by atoms with Crippen molar-refractivity contribution in [2.24, 2.45) is 0 Å². The number of nitrogens with two attached hydrogens (primary N) is 1. The molecule has 0 saturated heterocycles. The van der Waals surface area contributed by atoms with Crippen molar-refractivity contribution >= 4 is 23.0 Å². The Balaban J connectivity index is 2.40. The third kappa shape index (κ3) is 2.82. The lowest BCUT2D eigenvalue weighted by molar-refractivity contribution is -0.383. The van der Waals surface area contributed by atoms with Crippen molar-refractivity contribution in [1.82, 2.24) is 9.97 Å². The van der Waals surface area contributed by atoms with E-state index in [1.807, 2.05) is 24.3 Å². The van der Waals surface area contributed by atoms with Gasteiger partial charge in [-0.15, -0.1) is 0 Å². The average molecular weight is 273 g/mol. The van der Waals surface area contributed by atoms with Crippen molar-refractivity contribution in [3.8, 4) is 0 Å². The number of nitro groups is 1. The Morgan fingerprint density at radius 3 is 2.80 bits per heavy atom. The van der Waals surface area contributed by atoms with Gasteiger partial charge in [0, 0.05) is 5.69 Å². The monoisotopic (exact) mass is 273 g/mol. The van der Waals surface area contributed by atoms with Gasteiger partial charge in [0.15, 0.2) is 0 Å². The van der Waals surface area contributed by atoms with E-state index in [9.17, 15) is 10.1 Å². The first-order chi connectivity index (χ1) is 9.63. The maximum atomic E-state index is 11.0. The van der Waals surface area contributed by atoms with Crippen LogP contribution in [0.2, 0.25) is 0 Å². The topological polar surface area (TPSA) is 107 Å². The third-order valence-corrected chi connectivity index (χ3v) is 2.82. The molecule has 1 heterocycles. The molecule has 0 aliphatic heterocycles. The maximum absolute atomic E-state index is 11.0. The van der Waals surface area contributed by atoms with Gasteiger partial charge in [-0.1, -0.05) is 31.5 Å². The zero-order valence-electron chi connectivity index (χ0n) is 11.0. The number of benzene rings is 1. The van der Waals surface area contributed by atoms with Crippen LogP contribution in [0.5, 0.6) is 0 Å². The van der Waals surface area contributed by atoms with Crippen LogP contribution < -0.4 is 11.1 Å². The number of anilines is 3. The molecule has 2 aromatic rings. The van der Waals surface area contributed by atoms with Gasteiger partial charge in [-0.3, -0.25) is 10.1 Å². The van der Waals surface area contributed by atoms with E-state index in [0.29, 0.717) is 0 Å². The summed E-state index contributed by atoms with van der Waals surface area (Å²) >= 11 is 0. The lowest BCUT2D eigenvalue weighted by Gasteiger charge is -2.11. The van der Waals surface area contributed by atoms with E-state index < -0.39 is 4.92 Å². The van der Waals surface area contributed by atoms with Gasteiger partial charge < -0.3 is 11.1 Å². The van der Waals surface area contributed by atoms with Crippen LogP contribution in [0.1, 0.15) is 18.9 Å². The molecule has 0 aliphatic carbocycles. The lowest BCUT2D eigenvalue weighted by Crippen LogP contribution is -2.06. The number of nitrogen functional groups attached to an aromatic ring is 1. The van der Waals surface area contributed by atoms with Gasteiger partial charge in [-0.2, -0.15) is 0 Å². The van der Waals surface area contributed by atoms with Gasteiger partial charge in [0.05, 0.1) is 4.92 Å². The molecule has 7 heteroatoms. The highest BCUT2D eigenvalue weighted by Crippen LogP contribution is 2.30. The van der Waals surface area contributed by atoms with Gasteiger partial charge in [0.2, 0.25) is 11.6 Å². The van der Waals surface area contributed by atoms with Crippen molar-refractivity contribution < 1.29 is 4.92 Å². The first kappa shape index (κ1) is 13.7. The Labute approximate surface area is 116 Å². The molecule has 0 aliphatic rings. The molecule has 7 nitrogen and oxygen atoms in total. The molecule has 0 fully saturated rings. The molecule has 0 amide bonds. The van der Waals surface area contributed by atoms with E-state index in [1.54, 1.807) is 0 Å². The van der Waals surface area contributed by atoms with Gasteiger partial charge >= 0.3 is 5.69 Å². The smallest absolute Gasteiger partial charge is 0.353 e. The van der Waals surface area contributed by atoms with E-state index in [0.717, 1.165) is 24.1 Å². The molecule has 0 saturated carbocycles. The van der Waals surface area contributed by atoms with E-state index in [-0.39, 0.29) is 17.3 Å². The van der Waals surface area contributed by atoms with E-state index in [1.165, 1.54) is 6.33 Å². The number of aryl methyl sites for hydroxylation is 1. The number of nitrogens with zero attached hydrogens (tertiary/aromatic N) is 3. The Hall–Kier alpha value is -2.70. The van der Waals surface area contributed by atoms with Gasteiger partial charge in [-0.05, 0) is 18.1 Å². The minimum atomic E-state index is -0.583. The highest BCUT2D eigenvalue weighted by atomic mass is 16.6. The fourth-order valence-electron chi connectivity index (χ4n) is 1.92. The second-order valence-electron chi connectivity index (χ2n) is 4.25. The number of hydrogen-bond acceptors (Lipinski definition) is 6. The van der Waals surface area contributed by atoms with Crippen molar-refractivity contribution in [2.75, 3.05) is 11.1 Å². The average Bonchev–Trinajstić information content (AvgIpc) is 2.41. The van der Waals surface area contributed by atoms with E-state index >= 15 is 0 Å². The minimum Gasteiger partial charge on any atom is -0.378 e. The standard InChI is InChI=1S/C13H15N5O2/c1-2-5-9-6-3-4-7-10(9)17-13-11(18(19)20)12(14)15-8-16-13/h3-4,6-8H,2,5H2,1H3,(H3,14,15,16,17). The maximum Gasteiger partial charge on any atom is 0.353 e. The molecule has 20 heavy (non-hydrogen) atoms. The summed E-state index contributed by atoms with van der Waals surface area (Å²) in [4.78, 5) is 18.0. The molecule has 2 rings (SSSR count). The van der Waals surface area contributed by atoms with Gasteiger partial charge in [0.1, 0.15) is 6.33 Å². The number of rotatable bonds is 5. The van der Waals surface area contributed by atoms with E-state index in [4.69, 9.17) is 5.73 Å². The molecular formula is C13H15N5O2. The summed E-state index contributed by atoms with van der Waals surface area (Å²) in [6.45, 7) is 2.07. The molecule has 0 radical (unpaired) electrons. The zero-order valence-corrected chi connectivity index (χ0v) is 11.0. The lowest BCUT2D eigenvalue weighted by atomic mass is 10.1. The first-order valence-electron chi connectivity index (χ1n) is 6.23. The number of aromatic nitrogens is 2. The first-order valence-corrected chi connectivity index (χ1v) is 6.23. The summed E-state index contributed by atoms with van der Waals surface area (Å²) in [5.41, 5.74) is 7.09. The molecular weight excluding hydrogens is 258 g/mol. The number of nitrogens with one attached hydrogen (secondary N) is 1. The number of para-hydroxylation sites is 1. The molecule has 0 spiro atoms. The van der Waals surface area contributed by atoms with Crippen LogP contribution in [0.3, 0.4) is 0 Å². The highest BCUT2D eigenvalue weighted by Gasteiger charge is 2.21. The summed E-state index contributed by atoms with van der Waals surface area (Å²) in [5.74, 6) is -0.0495. The van der Waals surface area contributed by atoms with Crippen LogP contribution >= 0.6 is 0 Å². The Kier molecular flexibility index (Phi) is 4.09. The Morgan fingerprint density at radius 2 is 2.10 bits per heavy atom. The Morgan fingerprint density at radius 1 is 1.35 bits per heavy atom. The molecule has 1 aromatic carbocycles. The number of hydrogen-bond donors (Lipinski definition) is 2. The second kappa shape index (κ2) is 5.96. The quantitative estimate of drug-likeness (QED) is 0.640. The van der Waals surface area contributed by atoms with Crippen LogP contribution in [0.15, 0.2) is 30.6 Å². The zero-order chi connectivity index (χ0) is 14.5. The molecule has 0 atom stereocenters. The van der Waals surface area contributed by atoms with Crippen LogP contribution in [0.4, 0.5) is 23.0 Å². The summed E-state index contributed by atoms with van der Waals surface area (Å²) in [6, 6.07) is 7.62. The van der Waals surface area contributed by atoms with Crippen molar-refractivity contribution in [3.63, 3.8) is 0 Å². The highest BCUT2D eigenvalue weighted by molar-refractivity contribution is 5.73. The van der Waals surface area contributed by atoms with Crippen molar-refractivity contribution in [3.05, 3.63) is 46.3 Å². The summed E-state index contributed by atoms with van der Waals surface area (Å²) in [7, 11) is 0. The Bertz CT molecular complexity index is 630. The SMILES string of the molecule is CCCc1ccccc1Nc1ncnc(N)c1[N+](=O)[O-]. The fourth-order valence-corrected chi connectivity index (χ4v) is 1.92. The van der Waals surface area contributed by atoms with Crippen LogP contribution in [-0.2, 0) is 6.42 Å². The van der Waals surface area contributed by atoms with Gasteiger partial charge in [0.25, 0.3) is 0 Å². The molecule has 104 valence electrons. The van der Waals surface area contributed by atoms with Crippen LogP contribution in [0.25, 0.3) is 0 Å². The molecule has 1 aromatic heterocycles. The molecule has 0 bridgehead atoms. The largest absolute Gasteiger partial charge is 0.378 e. The van der Waals surface area contributed by atoms with Gasteiger partial charge in [-0.25, -0.2) is 9.97 Å². The third-order valence-electron chi connectivity index (χ3n) is 2.82. The predicted octanol–water partition coefficient (Wildman–Crippen LogP) is 2.66. The minimum absolute atomic E-state index is 0.103. The second-order valence-corrected chi connectivity index (χ2v) is 4.25. The fraction of sp³-hybridized carbons (Fsp3) is 0.231. The normalized spacial score (nSPS) is 10.2.